The fourth-order valence-corrected chi connectivity index (χ4v) is 1.45. The van der Waals surface area contributed by atoms with Gasteiger partial charge in [0.15, 0.2) is 11.5 Å². The van der Waals surface area contributed by atoms with Crippen molar-refractivity contribution in [2.75, 3.05) is 14.2 Å². The smallest absolute Gasteiger partial charge is 0.437 e. The highest BCUT2D eigenvalue weighted by Crippen LogP contribution is 2.31. The molecule has 0 amide bonds. The number of ether oxygens (including phenoxy) is 4. The Morgan fingerprint density at radius 3 is 1.44 bits per heavy atom. The summed E-state index contributed by atoms with van der Waals surface area (Å²) in [5.74, 6) is 0.547. The van der Waals surface area contributed by atoms with Crippen molar-refractivity contribution in [3.8, 4) is 0 Å². The van der Waals surface area contributed by atoms with Crippen molar-refractivity contribution >= 4 is 12.3 Å². The molecule has 0 aromatic heterocycles. The van der Waals surface area contributed by atoms with E-state index in [1.165, 1.54) is 14.2 Å². The monoisotopic (exact) mass is 256 g/mol. The fraction of sp³-hybridized carbons (Fsp3) is 0.500. The summed E-state index contributed by atoms with van der Waals surface area (Å²) in [6.45, 7) is 3.84. The van der Waals surface area contributed by atoms with E-state index >= 15 is 0 Å². The topological polar surface area (TPSA) is 71.1 Å². The zero-order valence-electron chi connectivity index (χ0n) is 10.9. The van der Waals surface area contributed by atoms with E-state index in [0.29, 0.717) is 12.8 Å². The molecular weight excluding hydrogens is 240 g/mol. The Morgan fingerprint density at radius 1 is 0.833 bits per heavy atom. The van der Waals surface area contributed by atoms with Gasteiger partial charge in [-0.1, -0.05) is 11.1 Å². The Kier molecular flexibility index (Phi) is 4.76. The second-order valence-corrected chi connectivity index (χ2v) is 3.87. The Labute approximate surface area is 105 Å². The summed E-state index contributed by atoms with van der Waals surface area (Å²) in [6, 6.07) is 0. The van der Waals surface area contributed by atoms with E-state index in [9.17, 15) is 9.59 Å². The van der Waals surface area contributed by atoms with Gasteiger partial charge in [0.2, 0.25) is 0 Å². The average molecular weight is 256 g/mol. The van der Waals surface area contributed by atoms with Crippen LogP contribution in [-0.2, 0) is 18.9 Å². The molecule has 6 nitrogen and oxygen atoms in total. The predicted octanol–water partition coefficient (Wildman–Crippen LogP) is 2.89. The van der Waals surface area contributed by atoms with Gasteiger partial charge in [0.05, 0.1) is 14.2 Å². The van der Waals surface area contributed by atoms with Gasteiger partial charge in [0.1, 0.15) is 0 Å². The molecule has 0 saturated heterocycles. The van der Waals surface area contributed by atoms with Crippen molar-refractivity contribution in [1.29, 1.82) is 0 Å². The highest BCUT2D eigenvalue weighted by Gasteiger charge is 2.23. The maximum atomic E-state index is 11.1. The molecule has 0 aliphatic heterocycles. The van der Waals surface area contributed by atoms with Crippen LogP contribution < -0.4 is 0 Å². The summed E-state index contributed by atoms with van der Waals surface area (Å²) in [7, 11) is 2.42. The minimum absolute atomic E-state index is 0.273. The summed E-state index contributed by atoms with van der Waals surface area (Å²) in [5.41, 5.74) is 2.12. The first-order valence-electron chi connectivity index (χ1n) is 5.36. The average Bonchev–Trinajstić information content (AvgIpc) is 2.34. The lowest BCUT2D eigenvalue weighted by atomic mass is 9.97. The molecular formula is C12H16O6. The first-order valence-corrected chi connectivity index (χ1v) is 5.36. The molecule has 18 heavy (non-hydrogen) atoms. The van der Waals surface area contributed by atoms with Gasteiger partial charge >= 0.3 is 12.3 Å². The van der Waals surface area contributed by atoms with Crippen LogP contribution in [-0.4, -0.2) is 26.5 Å². The molecule has 0 atom stereocenters. The summed E-state index contributed by atoms with van der Waals surface area (Å²) in [4.78, 5) is 22.2. The lowest BCUT2D eigenvalue weighted by molar-refractivity contribution is 0.0744. The molecule has 1 rings (SSSR count). The second kappa shape index (κ2) is 6.09. The van der Waals surface area contributed by atoms with Crippen LogP contribution in [0.25, 0.3) is 0 Å². The number of allylic oxidation sites excluding steroid dienone is 2. The number of carbonyl (C=O) groups excluding carboxylic acids is 2. The van der Waals surface area contributed by atoms with Crippen molar-refractivity contribution in [3.63, 3.8) is 0 Å². The molecule has 0 aromatic carbocycles. The van der Waals surface area contributed by atoms with Crippen molar-refractivity contribution in [2.45, 2.75) is 26.7 Å². The van der Waals surface area contributed by atoms with E-state index < -0.39 is 12.3 Å². The molecule has 6 heteroatoms. The molecule has 100 valence electrons. The van der Waals surface area contributed by atoms with Crippen molar-refractivity contribution in [2.24, 2.45) is 0 Å². The minimum Gasteiger partial charge on any atom is -0.437 e. The third-order valence-corrected chi connectivity index (χ3v) is 2.64. The van der Waals surface area contributed by atoms with Crippen molar-refractivity contribution < 1.29 is 28.5 Å². The summed E-state index contributed by atoms with van der Waals surface area (Å²) in [5, 5.41) is 0. The number of carbonyl (C=O) groups is 2. The molecule has 0 unspecified atom stereocenters. The van der Waals surface area contributed by atoms with E-state index in [4.69, 9.17) is 9.47 Å². The Balaban J connectivity index is 2.89. The standard InChI is InChI=1S/C12H16O6/c1-7-5-9(17-11(13)15-3)10(6-8(7)2)18-12(14)16-4/h5-6H2,1-4H3. The molecule has 0 saturated carbocycles. The van der Waals surface area contributed by atoms with Crippen LogP contribution in [0.2, 0.25) is 0 Å². The minimum atomic E-state index is -0.844. The number of methoxy groups -OCH3 is 2. The van der Waals surface area contributed by atoms with Crippen LogP contribution in [0, 0.1) is 0 Å². The molecule has 1 aliphatic carbocycles. The maximum Gasteiger partial charge on any atom is 0.513 e. The summed E-state index contributed by atoms with van der Waals surface area (Å²) < 4.78 is 18.8. The molecule has 1 aliphatic rings. The highest BCUT2D eigenvalue weighted by atomic mass is 16.7. The molecule has 0 aromatic rings. The number of rotatable bonds is 2. The first-order chi connectivity index (χ1) is 8.47. The molecule has 0 fully saturated rings. The fourth-order valence-electron chi connectivity index (χ4n) is 1.45. The van der Waals surface area contributed by atoms with Crippen LogP contribution >= 0.6 is 0 Å². The number of hydrogen-bond donors (Lipinski definition) is 0. The Bertz CT molecular complexity index is 380. The van der Waals surface area contributed by atoms with Crippen LogP contribution in [0.4, 0.5) is 9.59 Å². The van der Waals surface area contributed by atoms with Crippen LogP contribution in [0.1, 0.15) is 26.7 Å². The predicted molar refractivity (Wildman–Crippen MR) is 61.6 cm³/mol. The normalized spacial score (nSPS) is 15.3. The van der Waals surface area contributed by atoms with Gasteiger partial charge in [-0.15, -0.1) is 0 Å². The summed E-state index contributed by atoms with van der Waals surface area (Å²) >= 11 is 0. The van der Waals surface area contributed by atoms with Crippen LogP contribution in [0.3, 0.4) is 0 Å². The van der Waals surface area contributed by atoms with Gasteiger partial charge < -0.3 is 18.9 Å². The SMILES string of the molecule is COC(=O)OC1=C(OC(=O)OC)CC(C)=C(C)C1. The molecule has 0 radical (unpaired) electrons. The summed E-state index contributed by atoms with van der Waals surface area (Å²) in [6.07, 6.45) is -0.896. The van der Waals surface area contributed by atoms with E-state index in [-0.39, 0.29) is 11.5 Å². The third kappa shape index (κ3) is 3.51. The van der Waals surface area contributed by atoms with E-state index in [1.54, 1.807) is 0 Å². The van der Waals surface area contributed by atoms with E-state index in [1.807, 2.05) is 13.8 Å². The van der Waals surface area contributed by atoms with Gasteiger partial charge in [-0.05, 0) is 13.8 Å². The molecule has 0 bridgehead atoms. The largest absolute Gasteiger partial charge is 0.513 e. The lowest BCUT2D eigenvalue weighted by Crippen LogP contribution is -2.15. The highest BCUT2D eigenvalue weighted by molar-refractivity contribution is 5.63. The molecule has 0 heterocycles. The van der Waals surface area contributed by atoms with Crippen molar-refractivity contribution in [3.05, 3.63) is 22.7 Å². The van der Waals surface area contributed by atoms with E-state index in [0.717, 1.165) is 11.1 Å². The molecule has 0 N–H and O–H groups in total. The second-order valence-electron chi connectivity index (χ2n) is 3.87. The maximum absolute atomic E-state index is 11.1. The van der Waals surface area contributed by atoms with Crippen LogP contribution in [0.5, 0.6) is 0 Å². The van der Waals surface area contributed by atoms with Gasteiger partial charge in [0.25, 0.3) is 0 Å². The Morgan fingerprint density at radius 2 is 1.17 bits per heavy atom. The van der Waals surface area contributed by atoms with Gasteiger partial charge in [-0.25, -0.2) is 9.59 Å². The zero-order valence-corrected chi connectivity index (χ0v) is 10.9. The van der Waals surface area contributed by atoms with Crippen LogP contribution in [0.15, 0.2) is 22.7 Å². The van der Waals surface area contributed by atoms with Crippen molar-refractivity contribution in [1.82, 2.24) is 0 Å². The Hall–Kier alpha value is -1.98. The quantitative estimate of drug-likeness (QED) is 0.558. The first kappa shape index (κ1) is 14.1. The van der Waals surface area contributed by atoms with Gasteiger partial charge in [0, 0.05) is 12.8 Å². The number of hydrogen-bond acceptors (Lipinski definition) is 6. The van der Waals surface area contributed by atoms with Gasteiger partial charge in [-0.2, -0.15) is 0 Å². The third-order valence-electron chi connectivity index (χ3n) is 2.64. The zero-order chi connectivity index (χ0) is 13.7. The molecule has 0 spiro atoms. The van der Waals surface area contributed by atoms with E-state index in [2.05, 4.69) is 9.47 Å². The lowest BCUT2D eigenvalue weighted by Gasteiger charge is -2.20. The van der Waals surface area contributed by atoms with Gasteiger partial charge in [-0.3, -0.25) is 0 Å².